The molecule has 1 aromatic carbocycles. The molecule has 2 N–H and O–H groups in total. The maximum Gasteiger partial charge on any atom is 0.268 e. The Balaban J connectivity index is 0.00000240. The number of nitrogens with zero attached hydrogens (tertiary/aromatic N) is 4. The highest BCUT2D eigenvalue weighted by Crippen LogP contribution is 2.25. The average Bonchev–Trinajstić information content (AvgIpc) is 3.17. The summed E-state index contributed by atoms with van der Waals surface area (Å²) in [5.74, 6) is 0.863. The van der Waals surface area contributed by atoms with Crippen LogP contribution >= 0.6 is 0 Å². The fourth-order valence-corrected chi connectivity index (χ4v) is 3.81. The number of aryl methyl sites for hydroxylation is 2. The second-order valence-corrected chi connectivity index (χ2v) is 9.56. The zero-order valence-corrected chi connectivity index (χ0v) is 17.6. The maximum atomic E-state index is 12.3. The van der Waals surface area contributed by atoms with E-state index >= 15 is 0 Å². The standard InChI is InChI=1S/C20H25N5O3S.2H2/c1-13(2)29(26,27)16-9-7-15(8-10-16)17-12-22-14(3)19(23-17)20-25-24-18(28-20)6-4-5-11-21;;/h7-10,12-13H,4-6,11,21H2,1-3H3;2*1H. The second kappa shape index (κ2) is 8.79. The van der Waals surface area contributed by atoms with Gasteiger partial charge in [0.05, 0.1) is 27.7 Å². The molecular formula is C20H29N5O3S. The quantitative estimate of drug-likeness (QED) is 0.550. The van der Waals surface area contributed by atoms with Gasteiger partial charge in [-0.1, -0.05) is 12.1 Å². The molecule has 0 spiro atoms. The topological polar surface area (TPSA) is 125 Å². The molecule has 8 nitrogen and oxygen atoms in total. The number of hydrogen-bond acceptors (Lipinski definition) is 8. The third-order valence-corrected chi connectivity index (χ3v) is 6.74. The van der Waals surface area contributed by atoms with Crippen LogP contribution in [0.15, 0.2) is 39.8 Å². The molecule has 0 aliphatic rings. The summed E-state index contributed by atoms with van der Waals surface area (Å²) in [7, 11) is -3.32. The van der Waals surface area contributed by atoms with E-state index in [-0.39, 0.29) is 7.75 Å². The molecule has 2 heterocycles. The van der Waals surface area contributed by atoms with Crippen molar-refractivity contribution in [1.82, 2.24) is 20.2 Å². The molecule has 3 rings (SSSR count). The molecule has 0 aliphatic carbocycles. The Morgan fingerprint density at radius 2 is 1.86 bits per heavy atom. The van der Waals surface area contributed by atoms with Crippen LogP contribution in [0.25, 0.3) is 22.8 Å². The predicted molar refractivity (Wildman–Crippen MR) is 114 cm³/mol. The minimum Gasteiger partial charge on any atom is -0.419 e. The lowest BCUT2D eigenvalue weighted by Crippen LogP contribution is -2.13. The summed E-state index contributed by atoms with van der Waals surface area (Å²) in [6.07, 6.45) is 4.09. The fourth-order valence-electron chi connectivity index (χ4n) is 2.75. The number of benzene rings is 1. The van der Waals surface area contributed by atoms with E-state index < -0.39 is 15.1 Å². The molecule has 0 fully saturated rings. The fraction of sp³-hybridized carbons (Fsp3) is 0.400. The molecule has 9 heteroatoms. The van der Waals surface area contributed by atoms with Crippen molar-refractivity contribution in [2.75, 3.05) is 6.54 Å². The summed E-state index contributed by atoms with van der Waals surface area (Å²) in [6.45, 7) is 5.78. The van der Waals surface area contributed by atoms with Crippen molar-refractivity contribution in [1.29, 1.82) is 0 Å². The van der Waals surface area contributed by atoms with Crippen LogP contribution in [0.1, 0.15) is 41.1 Å². The van der Waals surface area contributed by atoms with Gasteiger partial charge in [-0.15, -0.1) is 10.2 Å². The largest absolute Gasteiger partial charge is 0.419 e. The average molecular weight is 420 g/mol. The Labute approximate surface area is 173 Å². The molecule has 0 unspecified atom stereocenters. The summed E-state index contributed by atoms with van der Waals surface area (Å²) in [5.41, 5.74) is 8.05. The van der Waals surface area contributed by atoms with Crippen LogP contribution in [0, 0.1) is 6.92 Å². The smallest absolute Gasteiger partial charge is 0.268 e. The lowest BCUT2D eigenvalue weighted by atomic mass is 10.1. The SMILES string of the molecule is Cc1ncc(-c2ccc(S(=O)(=O)C(C)C)cc2)nc1-c1nnc(CCCCN)o1.[HH].[HH]. The van der Waals surface area contributed by atoms with Gasteiger partial charge in [-0.3, -0.25) is 4.98 Å². The van der Waals surface area contributed by atoms with Crippen LogP contribution < -0.4 is 5.73 Å². The Morgan fingerprint density at radius 3 is 2.52 bits per heavy atom. The molecule has 0 amide bonds. The molecule has 0 aliphatic heterocycles. The Morgan fingerprint density at radius 1 is 1.14 bits per heavy atom. The van der Waals surface area contributed by atoms with Gasteiger partial charge in [0, 0.05) is 14.8 Å². The van der Waals surface area contributed by atoms with Crippen LogP contribution in [-0.4, -0.2) is 40.4 Å². The number of rotatable bonds is 8. The molecular weight excluding hydrogens is 390 g/mol. The van der Waals surface area contributed by atoms with E-state index in [4.69, 9.17) is 10.2 Å². The van der Waals surface area contributed by atoms with Crippen molar-refractivity contribution < 1.29 is 15.7 Å². The molecule has 0 saturated heterocycles. The summed E-state index contributed by atoms with van der Waals surface area (Å²) in [6, 6.07) is 6.64. The summed E-state index contributed by atoms with van der Waals surface area (Å²) >= 11 is 0. The zero-order valence-electron chi connectivity index (χ0n) is 16.8. The minimum atomic E-state index is -3.32. The summed E-state index contributed by atoms with van der Waals surface area (Å²) in [5, 5.41) is 7.69. The van der Waals surface area contributed by atoms with Crippen molar-refractivity contribution >= 4 is 9.84 Å². The highest BCUT2D eigenvalue weighted by molar-refractivity contribution is 7.92. The lowest BCUT2D eigenvalue weighted by Gasteiger charge is -2.09. The molecule has 0 saturated carbocycles. The van der Waals surface area contributed by atoms with Crippen molar-refractivity contribution in [2.24, 2.45) is 5.73 Å². The van der Waals surface area contributed by atoms with Gasteiger partial charge in [0.2, 0.25) is 5.89 Å². The first-order valence-corrected chi connectivity index (χ1v) is 11.1. The van der Waals surface area contributed by atoms with E-state index in [1.165, 1.54) is 0 Å². The van der Waals surface area contributed by atoms with Crippen molar-refractivity contribution in [3.63, 3.8) is 0 Å². The lowest BCUT2D eigenvalue weighted by molar-refractivity contribution is 0.492. The zero-order chi connectivity index (χ0) is 21.0. The Hall–Kier alpha value is -2.65. The number of hydrogen-bond donors (Lipinski definition) is 1. The molecule has 158 valence electrons. The normalized spacial score (nSPS) is 11.9. The molecule has 0 bridgehead atoms. The molecule has 29 heavy (non-hydrogen) atoms. The van der Waals surface area contributed by atoms with E-state index in [0.29, 0.717) is 41.8 Å². The first-order valence-electron chi connectivity index (χ1n) is 9.53. The minimum absolute atomic E-state index is 0. The van der Waals surface area contributed by atoms with Crippen molar-refractivity contribution in [2.45, 2.75) is 50.2 Å². The Kier molecular flexibility index (Phi) is 6.39. The first-order chi connectivity index (χ1) is 13.8. The van der Waals surface area contributed by atoms with Crippen LogP contribution in [0.4, 0.5) is 0 Å². The van der Waals surface area contributed by atoms with Gasteiger partial charge >= 0.3 is 0 Å². The highest BCUT2D eigenvalue weighted by atomic mass is 32.2. The second-order valence-electron chi connectivity index (χ2n) is 7.05. The van der Waals surface area contributed by atoms with Gasteiger partial charge in [0.1, 0.15) is 5.69 Å². The maximum absolute atomic E-state index is 12.3. The summed E-state index contributed by atoms with van der Waals surface area (Å²) in [4.78, 5) is 9.30. The monoisotopic (exact) mass is 419 g/mol. The van der Waals surface area contributed by atoms with Gasteiger partial charge in [0.15, 0.2) is 9.84 Å². The van der Waals surface area contributed by atoms with Gasteiger partial charge in [-0.05, 0) is 52.3 Å². The number of sulfone groups is 1. The van der Waals surface area contributed by atoms with Crippen LogP contribution in [0.3, 0.4) is 0 Å². The van der Waals surface area contributed by atoms with Crippen molar-refractivity contribution in [3.05, 3.63) is 42.0 Å². The van der Waals surface area contributed by atoms with Crippen molar-refractivity contribution in [3.8, 4) is 22.8 Å². The van der Waals surface area contributed by atoms with Gasteiger partial charge in [0.25, 0.3) is 5.89 Å². The van der Waals surface area contributed by atoms with E-state index in [2.05, 4.69) is 20.2 Å². The van der Waals surface area contributed by atoms with E-state index in [9.17, 15) is 8.42 Å². The third-order valence-electron chi connectivity index (χ3n) is 4.57. The van der Waals surface area contributed by atoms with Crippen LogP contribution in [-0.2, 0) is 16.3 Å². The molecule has 3 aromatic rings. The molecule has 0 radical (unpaired) electrons. The number of nitrogens with two attached hydrogens (primary N) is 1. The van der Waals surface area contributed by atoms with E-state index in [1.807, 2.05) is 6.92 Å². The Bertz CT molecular complexity index is 1090. The van der Waals surface area contributed by atoms with Gasteiger partial charge in [-0.25, -0.2) is 13.4 Å². The molecule has 2 aromatic heterocycles. The number of unbranched alkanes of at least 4 members (excludes halogenated alkanes) is 1. The van der Waals surface area contributed by atoms with Gasteiger partial charge in [-0.2, -0.15) is 0 Å². The third kappa shape index (κ3) is 4.68. The summed E-state index contributed by atoms with van der Waals surface area (Å²) < 4.78 is 30.3. The highest BCUT2D eigenvalue weighted by Gasteiger charge is 2.19. The first kappa shape index (κ1) is 21.1. The molecule has 0 atom stereocenters. The predicted octanol–water partition coefficient (Wildman–Crippen LogP) is 3.46. The van der Waals surface area contributed by atoms with Crippen LogP contribution in [0.2, 0.25) is 0 Å². The van der Waals surface area contributed by atoms with Crippen LogP contribution in [0.5, 0.6) is 0 Å². The van der Waals surface area contributed by atoms with Gasteiger partial charge < -0.3 is 10.2 Å². The van der Waals surface area contributed by atoms with E-state index in [1.54, 1.807) is 44.3 Å². The van der Waals surface area contributed by atoms with E-state index in [0.717, 1.165) is 18.4 Å². The number of aromatic nitrogens is 4.